The molecule has 5 nitrogen and oxygen atoms in total. The van der Waals surface area contributed by atoms with E-state index >= 15 is 0 Å². The summed E-state index contributed by atoms with van der Waals surface area (Å²) in [5, 5.41) is 6.34. The number of amides is 1. The highest BCUT2D eigenvalue weighted by Gasteiger charge is 2.21. The molecule has 2 N–H and O–H groups in total. The standard InChI is InChI=1S/C14H29N3O2/c1-3-10-17(13-5-8-15-9-6-13)12-14(18)16-7-4-11-19-2/h13,15H,3-12H2,1-2H3,(H,16,18). The first-order chi connectivity index (χ1) is 9.27. The van der Waals surface area contributed by atoms with Gasteiger partial charge in [-0.15, -0.1) is 0 Å². The van der Waals surface area contributed by atoms with Crippen molar-refractivity contribution in [1.82, 2.24) is 15.5 Å². The third kappa shape index (κ3) is 6.89. The quantitative estimate of drug-likeness (QED) is 0.603. The zero-order valence-electron chi connectivity index (χ0n) is 12.4. The van der Waals surface area contributed by atoms with Gasteiger partial charge in [0.05, 0.1) is 6.54 Å². The number of nitrogens with zero attached hydrogens (tertiary/aromatic N) is 1. The van der Waals surface area contributed by atoms with Crippen LogP contribution in [0.15, 0.2) is 0 Å². The second-order valence-electron chi connectivity index (χ2n) is 5.15. The highest BCUT2D eigenvalue weighted by atomic mass is 16.5. The van der Waals surface area contributed by atoms with Gasteiger partial charge in [-0.3, -0.25) is 9.69 Å². The van der Waals surface area contributed by atoms with Crippen LogP contribution in [0.3, 0.4) is 0 Å². The summed E-state index contributed by atoms with van der Waals surface area (Å²) < 4.78 is 4.97. The Balaban J connectivity index is 2.28. The average Bonchev–Trinajstić information content (AvgIpc) is 2.44. The topological polar surface area (TPSA) is 53.6 Å². The van der Waals surface area contributed by atoms with Crippen LogP contribution in [0.25, 0.3) is 0 Å². The fraction of sp³-hybridized carbons (Fsp3) is 0.929. The van der Waals surface area contributed by atoms with Crippen LogP contribution >= 0.6 is 0 Å². The molecule has 1 aliphatic heterocycles. The van der Waals surface area contributed by atoms with Gasteiger partial charge < -0.3 is 15.4 Å². The molecular formula is C14H29N3O2. The van der Waals surface area contributed by atoms with Gasteiger partial charge in [0.1, 0.15) is 0 Å². The van der Waals surface area contributed by atoms with E-state index in [1.165, 1.54) is 0 Å². The molecule has 112 valence electrons. The molecule has 0 saturated carbocycles. The summed E-state index contributed by atoms with van der Waals surface area (Å²) in [5.41, 5.74) is 0. The number of nitrogens with one attached hydrogen (secondary N) is 2. The summed E-state index contributed by atoms with van der Waals surface area (Å²) in [4.78, 5) is 14.3. The predicted octanol–water partition coefficient (Wildman–Crippen LogP) is 0.603. The molecule has 1 heterocycles. The van der Waals surface area contributed by atoms with Gasteiger partial charge in [0.25, 0.3) is 0 Å². The Kier molecular flexibility index (Phi) is 8.79. The van der Waals surface area contributed by atoms with Crippen LogP contribution in [0.2, 0.25) is 0 Å². The van der Waals surface area contributed by atoms with E-state index in [4.69, 9.17) is 4.74 Å². The summed E-state index contributed by atoms with van der Waals surface area (Å²) in [7, 11) is 1.68. The van der Waals surface area contributed by atoms with Crippen molar-refractivity contribution in [3.8, 4) is 0 Å². The molecule has 0 aromatic carbocycles. The van der Waals surface area contributed by atoms with Gasteiger partial charge >= 0.3 is 0 Å². The number of ether oxygens (including phenoxy) is 1. The van der Waals surface area contributed by atoms with E-state index in [0.717, 1.165) is 45.3 Å². The molecule has 0 atom stereocenters. The predicted molar refractivity (Wildman–Crippen MR) is 77.3 cm³/mol. The normalized spacial score (nSPS) is 16.8. The molecule has 1 amide bonds. The molecule has 0 radical (unpaired) electrons. The summed E-state index contributed by atoms with van der Waals surface area (Å²) in [6, 6.07) is 0.561. The van der Waals surface area contributed by atoms with Crippen LogP contribution in [0, 0.1) is 0 Å². The average molecular weight is 271 g/mol. The van der Waals surface area contributed by atoms with Crippen molar-refractivity contribution in [3.05, 3.63) is 0 Å². The molecule has 1 aliphatic rings. The maximum atomic E-state index is 11.9. The zero-order chi connectivity index (χ0) is 13.9. The van der Waals surface area contributed by atoms with Crippen LogP contribution in [-0.2, 0) is 9.53 Å². The van der Waals surface area contributed by atoms with Crippen molar-refractivity contribution in [2.45, 2.75) is 38.6 Å². The highest BCUT2D eigenvalue weighted by molar-refractivity contribution is 5.78. The first-order valence-electron chi connectivity index (χ1n) is 7.48. The molecule has 0 aliphatic carbocycles. The molecule has 0 aromatic heterocycles. The van der Waals surface area contributed by atoms with Crippen LogP contribution in [0.5, 0.6) is 0 Å². The fourth-order valence-electron chi connectivity index (χ4n) is 2.53. The largest absolute Gasteiger partial charge is 0.385 e. The minimum atomic E-state index is 0.142. The molecule has 5 heteroatoms. The smallest absolute Gasteiger partial charge is 0.234 e. The van der Waals surface area contributed by atoms with Crippen molar-refractivity contribution in [2.24, 2.45) is 0 Å². The zero-order valence-corrected chi connectivity index (χ0v) is 12.4. The second kappa shape index (κ2) is 10.2. The van der Waals surface area contributed by atoms with Crippen LogP contribution in [0.1, 0.15) is 32.6 Å². The third-order valence-electron chi connectivity index (χ3n) is 3.53. The van der Waals surface area contributed by atoms with Gasteiger partial charge in [-0.1, -0.05) is 6.92 Å². The lowest BCUT2D eigenvalue weighted by molar-refractivity contribution is -0.123. The van der Waals surface area contributed by atoms with Gasteiger partial charge in [0.2, 0.25) is 5.91 Å². The first kappa shape index (κ1) is 16.4. The number of methoxy groups -OCH3 is 1. The molecule has 0 unspecified atom stereocenters. The summed E-state index contributed by atoms with van der Waals surface area (Å²) in [5.74, 6) is 0.142. The molecule has 1 rings (SSSR count). The van der Waals surface area contributed by atoms with Crippen molar-refractivity contribution >= 4 is 5.91 Å². The number of carbonyl (C=O) groups excluding carboxylic acids is 1. The molecule has 0 bridgehead atoms. The van der Waals surface area contributed by atoms with Gasteiger partial charge in [-0.05, 0) is 45.3 Å². The van der Waals surface area contributed by atoms with Crippen molar-refractivity contribution in [3.63, 3.8) is 0 Å². The lowest BCUT2D eigenvalue weighted by Crippen LogP contribution is -2.47. The molecule has 1 fully saturated rings. The highest BCUT2D eigenvalue weighted by Crippen LogP contribution is 2.11. The molecular weight excluding hydrogens is 242 g/mol. The van der Waals surface area contributed by atoms with E-state index in [-0.39, 0.29) is 5.91 Å². The number of hydrogen-bond acceptors (Lipinski definition) is 4. The minimum Gasteiger partial charge on any atom is -0.385 e. The van der Waals surface area contributed by atoms with Crippen LogP contribution < -0.4 is 10.6 Å². The minimum absolute atomic E-state index is 0.142. The van der Waals surface area contributed by atoms with Crippen molar-refractivity contribution in [2.75, 3.05) is 46.4 Å². The lowest BCUT2D eigenvalue weighted by Gasteiger charge is -2.34. The SMILES string of the molecule is CCCN(CC(=O)NCCCOC)C1CCNCC1. The van der Waals surface area contributed by atoms with Crippen molar-refractivity contribution < 1.29 is 9.53 Å². The summed E-state index contributed by atoms with van der Waals surface area (Å²) in [6.07, 6.45) is 4.28. The Morgan fingerprint density at radius 1 is 1.42 bits per heavy atom. The first-order valence-corrected chi connectivity index (χ1v) is 7.48. The number of rotatable bonds is 9. The second-order valence-corrected chi connectivity index (χ2v) is 5.15. The Hall–Kier alpha value is -0.650. The van der Waals surface area contributed by atoms with Crippen LogP contribution in [-0.4, -0.2) is 63.3 Å². The Labute approximate surface area is 117 Å². The maximum Gasteiger partial charge on any atom is 0.234 e. The Morgan fingerprint density at radius 2 is 2.16 bits per heavy atom. The van der Waals surface area contributed by atoms with Crippen LogP contribution in [0.4, 0.5) is 0 Å². The van der Waals surface area contributed by atoms with Gasteiger partial charge in [-0.25, -0.2) is 0 Å². The maximum absolute atomic E-state index is 11.9. The summed E-state index contributed by atoms with van der Waals surface area (Å²) >= 11 is 0. The molecule has 1 saturated heterocycles. The van der Waals surface area contributed by atoms with E-state index in [1.54, 1.807) is 7.11 Å². The van der Waals surface area contributed by atoms with E-state index in [1.807, 2.05) is 0 Å². The van der Waals surface area contributed by atoms with Crippen molar-refractivity contribution in [1.29, 1.82) is 0 Å². The number of piperidine rings is 1. The van der Waals surface area contributed by atoms with E-state index in [2.05, 4.69) is 22.5 Å². The summed E-state index contributed by atoms with van der Waals surface area (Å²) in [6.45, 7) is 7.26. The van der Waals surface area contributed by atoms with E-state index in [0.29, 0.717) is 25.7 Å². The van der Waals surface area contributed by atoms with Gasteiger partial charge in [-0.2, -0.15) is 0 Å². The lowest BCUT2D eigenvalue weighted by atomic mass is 10.0. The number of carbonyl (C=O) groups is 1. The number of hydrogen-bond donors (Lipinski definition) is 2. The van der Waals surface area contributed by atoms with E-state index in [9.17, 15) is 4.79 Å². The molecule has 0 spiro atoms. The third-order valence-corrected chi connectivity index (χ3v) is 3.53. The van der Waals surface area contributed by atoms with Gasteiger partial charge in [0, 0.05) is 26.3 Å². The van der Waals surface area contributed by atoms with Gasteiger partial charge in [0.15, 0.2) is 0 Å². The fourth-order valence-corrected chi connectivity index (χ4v) is 2.53. The monoisotopic (exact) mass is 271 g/mol. The molecule has 0 aromatic rings. The Morgan fingerprint density at radius 3 is 2.79 bits per heavy atom. The van der Waals surface area contributed by atoms with E-state index < -0.39 is 0 Å². The Bertz CT molecular complexity index is 243. The molecule has 19 heavy (non-hydrogen) atoms.